The summed E-state index contributed by atoms with van der Waals surface area (Å²) in [6, 6.07) is 0. The Morgan fingerprint density at radius 3 is 2.55 bits per heavy atom. The van der Waals surface area contributed by atoms with Gasteiger partial charge in [-0.25, -0.2) is 0 Å². The van der Waals surface area contributed by atoms with E-state index >= 15 is 0 Å². The van der Waals surface area contributed by atoms with Gasteiger partial charge in [0.2, 0.25) is 11.8 Å². The van der Waals surface area contributed by atoms with Crippen LogP contribution < -0.4 is 10.6 Å². The minimum absolute atomic E-state index is 0.0920. The van der Waals surface area contributed by atoms with Gasteiger partial charge in [-0.15, -0.1) is 0 Å². The van der Waals surface area contributed by atoms with Crippen molar-refractivity contribution in [2.45, 2.75) is 50.7 Å². The average Bonchev–Trinajstić information content (AvgIpc) is 2.46. The monoisotopic (exact) mass is 284 g/mol. The van der Waals surface area contributed by atoms with Crippen molar-refractivity contribution in [1.29, 1.82) is 0 Å². The molecule has 0 aromatic heterocycles. The summed E-state index contributed by atoms with van der Waals surface area (Å²) in [7, 11) is 0. The first-order chi connectivity index (χ1) is 9.62. The second kappa shape index (κ2) is 7.04. The molecule has 2 N–H and O–H groups in total. The van der Waals surface area contributed by atoms with Gasteiger partial charge in [0.15, 0.2) is 0 Å². The third-order valence-corrected chi connectivity index (χ3v) is 3.93. The van der Waals surface area contributed by atoms with Gasteiger partial charge in [0, 0.05) is 13.5 Å². The second-order valence-electron chi connectivity index (χ2n) is 5.60. The maximum Gasteiger partial charge on any atom is 0.245 e. The van der Waals surface area contributed by atoms with E-state index in [1.54, 1.807) is 0 Å². The van der Waals surface area contributed by atoms with Gasteiger partial charge in [0.1, 0.15) is 5.54 Å². The minimum Gasteiger partial charge on any atom is -0.376 e. The number of ether oxygens (including phenoxy) is 2. The van der Waals surface area contributed by atoms with Gasteiger partial charge in [-0.05, 0) is 12.8 Å². The van der Waals surface area contributed by atoms with Gasteiger partial charge in [-0.2, -0.15) is 0 Å². The lowest BCUT2D eigenvalue weighted by Gasteiger charge is -2.36. The van der Waals surface area contributed by atoms with Crippen LogP contribution in [0.1, 0.15) is 39.0 Å². The van der Waals surface area contributed by atoms with E-state index in [4.69, 9.17) is 9.47 Å². The predicted molar refractivity (Wildman–Crippen MR) is 73.2 cm³/mol. The number of carbonyl (C=O) groups is 2. The Bertz CT molecular complexity index is 347. The van der Waals surface area contributed by atoms with E-state index in [-0.39, 0.29) is 17.9 Å². The molecule has 0 radical (unpaired) electrons. The fourth-order valence-electron chi connectivity index (χ4n) is 2.93. The smallest absolute Gasteiger partial charge is 0.245 e. The molecule has 2 fully saturated rings. The fourth-order valence-corrected chi connectivity index (χ4v) is 2.93. The van der Waals surface area contributed by atoms with Crippen LogP contribution in [-0.2, 0) is 19.1 Å². The normalized spacial score (nSPS) is 25.8. The molecule has 6 heteroatoms. The highest BCUT2D eigenvalue weighted by Crippen LogP contribution is 2.28. The van der Waals surface area contributed by atoms with Crippen molar-refractivity contribution in [3.05, 3.63) is 0 Å². The number of rotatable bonds is 4. The zero-order valence-electron chi connectivity index (χ0n) is 12.1. The van der Waals surface area contributed by atoms with Crippen molar-refractivity contribution in [3.8, 4) is 0 Å². The number of hydrogen-bond acceptors (Lipinski definition) is 4. The summed E-state index contributed by atoms with van der Waals surface area (Å²) in [6.45, 7) is 3.58. The van der Waals surface area contributed by atoms with Crippen LogP contribution in [0.2, 0.25) is 0 Å². The second-order valence-corrected chi connectivity index (χ2v) is 5.60. The van der Waals surface area contributed by atoms with Crippen LogP contribution >= 0.6 is 0 Å². The SMILES string of the molecule is CC(=O)NC1(C(=O)NCC2COCCO2)CCCCC1. The van der Waals surface area contributed by atoms with Crippen LogP contribution in [0, 0.1) is 0 Å². The maximum atomic E-state index is 12.5. The zero-order chi connectivity index (χ0) is 14.4. The predicted octanol–water partition coefficient (Wildman–Crippen LogP) is 0.357. The largest absolute Gasteiger partial charge is 0.376 e. The highest BCUT2D eigenvalue weighted by molar-refractivity contribution is 5.91. The molecule has 2 rings (SSSR count). The topological polar surface area (TPSA) is 76.7 Å². The molecule has 114 valence electrons. The van der Waals surface area contributed by atoms with E-state index in [1.807, 2.05) is 0 Å². The lowest BCUT2D eigenvalue weighted by Crippen LogP contribution is -2.60. The van der Waals surface area contributed by atoms with Gasteiger partial charge >= 0.3 is 0 Å². The highest BCUT2D eigenvalue weighted by atomic mass is 16.6. The summed E-state index contributed by atoms with van der Waals surface area (Å²) < 4.78 is 10.8. The molecular formula is C14H24N2O4. The first-order valence-electron chi connectivity index (χ1n) is 7.39. The van der Waals surface area contributed by atoms with Crippen LogP contribution in [0.3, 0.4) is 0 Å². The van der Waals surface area contributed by atoms with Gasteiger partial charge in [-0.1, -0.05) is 19.3 Å². The van der Waals surface area contributed by atoms with Gasteiger partial charge in [-0.3, -0.25) is 9.59 Å². The Kier molecular flexibility index (Phi) is 5.37. The summed E-state index contributed by atoms with van der Waals surface area (Å²) in [4.78, 5) is 23.9. The van der Waals surface area contributed by atoms with Crippen LogP contribution in [0.5, 0.6) is 0 Å². The molecule has 2 aliphatic rings. The third-order valence-electron chi connectivity index (χ3n) is 3.93. The fraction of sp³-hybridized carbons (Fsp3) is 0.857. The van der Waals surface area contributed by atoms with Crippen LogP contribution in [-0.4, -0.2) is 49.8 Å². The molecule has 0 aromatic carbocycles. The Hall–Kier alpha value is -1.14. The maximum absolute atomic E-state index is 12.5. The van der Waals surface area contributed by atoms with Gasteiger partial charge in [0.25, 0.3) is 0 Å². The van der Waals surface area contributed by atoms with E-state index in [0.717, 1.165) is 19.3 Å². The van der Waals surface area contributed by atoms with Crippen LogP contribution in [0.4, 0.5) is 0 Å². The Labute approximate surface area is 119 Å². The quantitative estimate of drug-likeness (QED) is 0.781. The molecule has 1 aliphatic carbocycles. The molecule has 1 unspecified atom stereocenters. The van der Waals surface area contributed by atoms with E-state index < -0.39 is 5.54 Å². The summed E-state index contributed by atoms with van der Waals surface area (Å²) in [5, 5.41) is 5.77. The van der Waals surface area contributed by atoms with Gasteiger partial charge in [0.05, 0.1) is 25.9 Å². The van der Waals surface area contributed by atoms with E-state index in [9.17, 15) is 9.59 Å². The molecule has 1 saturated carbocycles. The molecule has 1 saturated heterocycles. The Balaban J connectivity index is 1.90. The minimum atomic E-state index is -0.737. The van der Waals surface area contributed by atoms with Crippen molar-refractivity contribution in [3.63, 3.8) is 0 Å². The van der Waals surface area contributed by atoms with Gasteiger partial charge < -0.3 is 20.1 Å². The standard InChI is InChI=1S/C14H24N2O4/c1-11(17)16-14(5-3-2-4-6-14)13(18)15-9-12-10-19-7-8-20-12/h12H,2-10H2,1H3,(H,15,18)(H,16,17). The summed E-state index contributed by atoms with van der Waals surface area (Å²) in [6.07, 6.45) is 4.38. The Morgan fingerprint density at radius 2 is 1.95 bits per heavy atom. The first-order valence-corrected chi connectivity index (χ1v) is 7.39. The summed E-state index contributed by atoms with van der Waals surface area (Å²) >= 11 is 0. The molecule has 0 bridgehead atoms. The number of hydrogen-bond donors (Lipinski definition) is 2. The molecule has 0 spiro atoms. The molecule has 20 heavy (non-hydrogen) atoms. The summed E-state index contributed by atoms with van der Waals surface area (Å²) in [5.41, 5.74) is -0.737. The lowest BCUT2D eigenvalue weighted by molar-refractivity contribution is -0.136. The number of carbonyl (C=O) groups excluding carboxylic acids is 2. The molecule has 1 atom stereocenters. The third kappa shape index (κ3) is 3.93. The number of amides is 2. The van der Waals surface area contributed by atoms with Crippen LogP contribution in [0.15, 0.2) is 0 Å². The van der Waals surface area contributed by atoms with Crippen molar-refractivity contribution in [2.24, 2.45) is 0 Å². The first kappa shape index (κ1) is 15.3. The zero-order valence-corrected chi connectivity index (χ0v) is 12.1. The molecule has 6 nitrogen and oxygen atoms in total. The molecule has 1 aliphatic heterocycles. The molecule has 2 amide bonds. The highest BCUT2D eigenvalue weighted by Gasteiger charge is 2.40. The lowest BCUT2D eigenvalue weighted by atomic mass is 9.80. The molecule has 1 heterocycles. The van der Waals surface area contributed by atoms with E-state index in [1.165, 1.54) is 6.92 Å². The summed E-state index contributed by atoms with van der Waals surface area (Å²) in [5.74, 6) is -0.249. The van der Waals surface area contributed by atoms with Crippen molar-refractivity contribution in [1.82, 2.24) is 10.6 Å². The van der Waals surface area contributed by atoms with Crippen molar-refractivity contribution >= 4 is 11.8 Å². The van der Waals surface area contributed by atoms with E-state index in [0.29, 0.717) is 39.2 Å². The molecular weight excluding hydrogens is 260 g/mol. The average molecular weight is 284 g/mol. The van der Waals surface area contributed by atoms with Crippen molar-refractivity contribution < 1.29 is 19.1 Å². The van der Waals surface area contributed by atoms with Crippen molar-refractivity contribution in [2.75, 3.05) is 26.4 Å². The number of nitrogens with one attached hydrogen (secondary N) is 2. The van der Waals surface area contributed by atoms with Crippen LogP contribution in [0.25, 0.3) is 0 Å². The van der Waals surface area contributed by atoms with E-state index in [2.05, 4.69) is 10.6 Å². The Morgan fingerprint density at radius 1 is 1.20 bits per heavy atom. The molecule has 0 aromatic rings.